The lowest BCUT2D eigenvalue weighted by molar-refractivity contribution is 0.113. The minimum Gasteiger partial charge on any atom is -0.494 e. The number of benzene rings is 1. The summed E-state index contributed by atoms with van der Waals surface area (Å²) >= 11 is 0. The van der Waals surface area contributed by atoms with Crippen LogP contribution in [0.1, 0.15) is 38.3 Å². The first-order chi connectivity index (χ1) is 10.8. The molecule has 4 nitrogen and oxygen atoms in total. The van der Waals surface area contributed by atoms with Gasteiger partial charge in [0.1, 0.15) is 5.75 Å². The summed E-state index contributed by atoms with van der Waals surface area (Å²) in [6.45, 7) is 6.41. The maximum atomic E-state index is 5.70. The lowest BCUT2D eigenvalue weighted by Crippen LogP contribution is -2.17. The van der Waals surface area contributed by atoms with Crippen LogP contribution in [0, 0.1) is 0 Å². The van der Waals surface area contributed by atoms with Gasteiger partial charge in [0.15, 0.2) is 0 Å². The van der Waals surface area contributed by atoms with E-state index in [0.717, 1.165) is 38.2 Å². The quantitative estimate of drug-likeness (QED) is 0.625. The van der Waals surface area contributed by atoms with E-state index in [1.54, 1.807) is 0 Å². The van der Waals surface area contributed by atoms with Gasteiger partial charge in [0.2, 0.25) is 0 Å². The first-order valence-electron chi connectivity index (χ1n) is 8.10. The SMILES string of the molecule is CCCCOc1ccc(C[C@@H](COCC)n2ccnc2)cc1. The summed E-state index contributed by atoms with van der Waals surface area (Å²) in [5.41, 5.74) is 1.28. The summed E-state index contributed by atoms with van der Waals surface area (Å²) in [4.78, 5) is 4.14. The number of imidazole rings is 1. The Morgan fingerprint density at radius 2 is 2.00 bits per heavy atom. The Morgan fingerprint density at radius 1 is 1.18 bits per heavy atom. The van der Waals surface area contributed by atoms with Gasteiger partial charge in [-0.05, 0) is 37.5 Å². The average molecular weight is 302 g/mol. The van der Waals surface area contributed by atoms with Crippen molar-refractivity contribution in [2.45, 2.75) is 39.2 Å². The van der Waals surface area contributed by atoms with Crippen molar-refractivity contribution in [3.63, 3.8) is 0 Å². The van der Waals surface area contributed by atoms with Crippen LogP contribution in [0.2, 0.25) is 0 Å². The fraction of sp³-hybridized carbons (Fsp3) is 0.500. The molecule has 0 unspecified atom stereocenters. The molecule has 0 radical (unpaired) electrons. The zero-order valence-electron chi connectivity index (χ0n) is 13.6. The van der Waals surface area contributed by atoms with Crippen molar-refractivity contribution in [3.8, 4) is 5.75 Å². The molecule has 4 heteroatoms. The van der Waals surface area contributed by atoms with Crippen molar-refractivity contribution < 1.29 is 9.47 Å². The van der Waals surface area contributed by atoms with Crippen LogP contribution in [0.25, 0.3) is 0 Å². The number of hydrogen-bond acceptors (Lipinski definition) is 3. The topological polar surface area (TPSA) is 36.3 Å². The third-order valence-corrected chi connectivity index (χ3v) is 3.62. The van der Waals surface area contributed by atoms with Gasteiger partial charge in [-0.3, -0.25) is 0 Å². The minimum atomic E-state index is 0.273. The van der Waals surface area contributed by atoms with Crippen molar-refractivity contribution >= 4 is 0 Å². The van der Waals surface area contributed by atoms with Crippen LogP contribution in [-0.4, -0.2) is 29.4 Å². The normalized spacial score (nSPS) is 12.3. The van der Waals surface area contributed by atoms with Crippen molar-refractivity contribution in [2.24, 2.45) is 0 Å². The van der Waals surface area contributed by atoms with E-state index >= 15 is 0 Å². The molecule has 120 valence electrons. The third kappa shape index (κ3) is 5.19. The molecule has 1 aromatic carbocycles. The molecule has 1 atom stereocenters. The van der Waals surface area contributed by atoms with Gasteiger partial charge in [-0.25, -0.2) is 4.98 Å². The zero-order chi connectivity index (χ0) is 15.6. The van der Waals surface area contributed by atoms with Gasteiger partial charge in [-0.2, -0.15) is 0 Å². The molecule has 2 aromatic rings. The molecule has 1 aromatic heterocycles. The number of aromatic nitrogens is 2. The van der Waals surface area contributed by atoms with Crippen LogP contribution >= 0.6 is 0 Å². The third-order valence-electron chi connectivity index (χ3n) is 3.62. The molecule has 0 saturated carbocycles. The van der Waals surface area contributed by atoms with Gasteiger partial charge in [-0.15, -0.1) is 0 Å². The molecule has 0 saturated heterocycles. The average Bonchev–Trinajstić information content (AvgIpc) is 3.07. The molecular weight excluding hydrogens is 276 g/mol. The summed E-state index contributed by atoms with van der Waals surface area (Å²) in [5, 5.41) is 0. The van der Waals surface area contributed by atoms with E-state index in [-0.39, 0.29) is 6.04 Å². The van der Waals surface area contributed by atoms with Crippen molar-refractivity contribution in [1.29, 1.82) is 0 Å². The summed E-state index contributed by atoms with van der Waals surface area (Å²) in [5.74, 6) is 0.946. The number of nitrogens with zero attached hydrogens (tertiary/aromatic N) is 2. The molecule has 0 aliphatic rings. The minimum absolute atomic E-state index is 0.273. The maximum Gasteiger partial charge on any atom is 0.119 e. The Morgan fingerprint density at radius 3 is 2.64 bits per heavy atom. The van der Waals surface area contributed by atoms with E-state index in [1.807, 2.05) is 25.6 Å². The molecule has 0 bridgehead atoms. The monoisotopic (exact) mass is 302 g/mol. The predicted molar refractivity (Wildman–Crippen MR) is 88.3 cm³/mol. The molecule has 0 fully saturated rings. The van der Waals surface area contributed by atoms with Crippen LogP contribution in [-0.2, 0) is 11.2 Å². The second-order valence-corrected chi connectivity index (χ2v) is 5.37. The number of hydrogen-bond donors (Lipinski definition) is 0. The summed E-state index contributed by atoms with van der Waals surface area (Å²) in [7, 11) is 0. The Hall–Kier alpha value is -1.81. The first kappa shape index (κ1) is 16.6. The largest absolute Gasteiger partial charge is 0.494 e. The Balaban J connectivity index is 1.94. The van der Waals surface area contributed by atoms with Crippen molar-refractivity contribution in [3.05, 3.63) is 48.5 Å². The highest BCUT2D eigenvalue weighted by molar-refractivity contribution is 5.27. The fourth-order valence-electron chi connectivity index (χ4n) is 2.32. The molecule has 0 aliphatic carbocycles. The van der Waals surface area contributed by atoms with Gasteiger partial charge in [0.25, 0.3) is 0 Å². The van der Waals surface area contributed by atoms with Gasteiger partial charge in [0, 0.05) is 19.0 Å². The van der Waals surface area contributed by atoms with E-state index in [9.17, 15) is 0 Å². The van der Waals surface area contributed by atoms with E-state index in [4.69, 9.17) is 9.47 Å². The van der Waals surface area contributed by atoms with E-state index in [1.165, 1.54) is 5.56 Å². The highest BCUT2D eigenvalue weighted by Gasteiger charge is 2.11. The second kappa shape index (κ2) is 9.26. The zero-order valence-corrected chi connectivity index (χ0v) is 13.6. The first-order valence-corrected chi connectivity index (χ1v) is 8.10. The highest BCUT2D eigenvalue weighted by atomic mass is 16.5. The van der Waals surface area contributed by atoms with Crippen molar-refractivity contribution in [2.75, 3.05) is 19.8 Å². The molecule has 1 heterocycles. The van der Waals surface area contributed by atoms with Gasteiger partial charge < -0.3 is 14.0 Å². The Kier molecular flexibility index (Phi) is 6.97. The molecular formula is C18H26N2O2. The summed E-state index contributed by atoms with van der Waals surface area (Å²) < 4.78 is 13.4. The maximum absolute atomic E-state index is 5.70. The summed E-state index contributed by atoms with van der Waals surface area (Å²) in [6.07, 6.45) is 8.83. The lowest BCUT2D eigenvalue weighted by Gasteiger charge is -2.18. The van der Waals surface area contributed by atoms with Gasteiger partial charge in [-0.1, -0.05) is 25.5 Å². The number of unbranched alkanes of at least 4 members (excludes halogenated alkanes) is 1. The summed E-state index contributed by atoms with van der Waals surface area (Å²) in [6, 6.07) is 8.65. The van der Waals surface area contributed by atoms with E-state index < -0.39 is 0 Å². The molecule has 22 heavy (non-hydrogen) atoms. The van der Waals surface area contributed by atoms with Crippen LogP contribution < -0.4 is 4.74 Å². The number of rotatable bonds is 10. The molecule has 0 aliphatic heterocycles. The number of ether oxygens (including phenoxy) is 2. The van der Waals surface area contributed by atoms with E-state index in [2.05, 4.69) is 40.7 Å². The van der Waals surface area contributed by atoms with Crippen LogP contribution in [0.3, 0.4) is 0 Å². The van der Waals surface area contributed by atoms with Crippen LogP contribution in [0.5, 0.6) is 5.75 Å². The predicted octanol–water partition coefficient (Wildman–Crippen LogP) is 3.88. The smallest absolute Gasteiger partial charge is 0.119 e. The fourth-order valence-corrected chi connectivity index (χ4v) is 2.32. The lowest BCUT2D eigenvalue weighted by atomic mass is 10.1. The van der Waals surface area contributed by atoms with Crippen LogP contribution in [0.4, 0.5) is 0 Å². The Bertz CT molecular complexity index is 508. The van der Waals surface area contributed by atoms with Crippen LogP contribution in [0.15, 0.2) is 43.0 Å². The second-order valence-electron chi connectivity index (χ2n) is 5.37. The Labute approximate surface area is 133 Å². The van der Waals surface area contributed by atoms with E-state index in [0.29, 0.717) is 6.61 Å². The van der Waals surface area contributed by atoms with Crippen molar-refractivity contribution in [1.82, 2.24) is 9.55 Å². The van der Waals surface area contributed by atoms with Gasteiger partial charge >= 0.3 is 0 Å². The molecule has 2 rings (SSSR count). The molecule has 0 spiro atoms. The van der Waals surface area contributed by atoms with Gasteiger partial charge in [0.05, 0.1) is 25.6 Å². The molecule has 0 N–H and O–H groups in total. The molecule has 0 amide bonds. The standard InChI is InChI=1S/C18H26N2O2/c1-3-5-12-22-18-8-6-16(7-9-18)13-17(14-21-4-2)20-11-10-19-15-20/h6-11,15,17H,3-5,12-14H2,1-2H3/t17-/m0/s1. The highest BCUT2D eigenvalue weighted by Crippen LogP contribution is 2.18.